The lowest BCUT2D eigenvalue weighted by Crippen LogP contribution is -2.40. The maximum atomic E-state index is 3.53. The third-order valence-corrected chi connectivity index (χ3v) is 7.28. The molecule has 1 aliphatic rings. The molecule has 0 saturated carbocycles. The monoisotopic (exact) mass is 337 g/mol. The Bertz CT molecular complexity index is 323. The number of halogens is 1. The molecule has 0 bridgehead atoms. The van der Waals surface area contributed by atoms with Crippen molar-refractivity contribution >= 4 is 50.8 Å². The third kappa shape index (κ3) is 3.67. The van der Waals surface area contributed by atoms with E-state index in [1.807, 2.05) is 11.3 Å². The molecule has 1 aromatic rings. The van der Waals surface area contributed by atoms with E-state index in [-0.39, 0.29) is 0 Å². The van der Waals surface area contributed by atoms with Crippen molar-refractivity contribution in [1.29, 1.82) is 0 Å². The SMILES string of the molecule is CNC(Cc1ccc(Br)s1)C1CSCCS1. The van der Waals surface area contributed by atoms with Gasteiger partial charge in [0.15, 0.2) is 0 Å². The van der Waals surface area contributed by atoms with Gasteiger partial charge < -0.3 is 5.32 Å². The van der Waals surface area contributed by atoms with Crippen molar-refractivity contribution in [3.63, 3.8) is 0 Å². The molecule has 0 spiro atoms. The second-order valence-electron chi connectivity index (χ2n) is 3.79. The molecule has 1 N–H and O–H groups in total. The Hall–Kier alpha value is 0.840. The van der Waals surface area contributed by atoms with Crippen LogP contribution in [0.5, 0.6) is 0 Å². The molecule has 1 aliphatic heterocycles. The Morgan fingerprint density at radius 2 is 2.38 bits per heavy atom. The van der Waals surface area contributed by atoms with Gasteiger partial charge in [-0.05, 0) is 41.5 Å². The number of thioether (sulfide) groups is 2. The van der Waals surface area contributed by atoms with Crippen LogP contribution in [0.25, 0.3) is 0 Å². The molecule has 1 saturated heterocycles. The fourth-order valence-corrected chi connectivity index (χ4v) is 6.31. The van der Waals surface area contributed by atoms with Crippen LogP contribution < -0.4 is 5.32 Å². The molecule has 0 aliphatic carbocycles. The van der Waals surface area contributed by atoms with Crippen LogP contribution in [0.3, 0.4) is 0 Å². The van der Waals surface area contributed by atoms with Crippen LogP contribution in [-0.2, 0) is 6.42 Å². The lowest BCUT2D eigenvalue weighted by atomic mass is 10.1. The van der Waals surface area contributed by atoms with Gasteiger partial charge in [-0.1, -0.05) is 0 Å². The Morgan fingerprint density at radius 1 is 1.50 bits per heavy atom. The van der Waals surface area contributed by atoms with Crippen molar-refractivity contribution < 1.29 is 0 Å². The van der Waals surface area contributed by atoms with Crippen LogP contribution in [0.4, 0.5) is 0 Å². The van der Waals surface area contributed by atoms with Crippen LogP contribution in [-0.4, -0.2) is 35.6 Å². The highest BCUT2D eigenvalue weighted by molar-refractivity contribution is 9.11. The molecule has 1 fully saturated rings. The van der Waals surface area contributed by atoms with Crippen molar-refractivity contribution in [2.75, 3.05) is 24.3 Å². The summed E-state index contributed by atoms with van der Waals surface area (Å²) in [5.74, 6) is 3.92. The summed E-state index contributed by atoms with van der Waals surface area (Å²) in [6.07, 6.45) is 1.16. The summed E-state index contributed by atoms with van der Waals surface area (Å²) in [6, 6.07) is 5.00. The van der Waals surface area contributed by atoms with Crippen LogP contribution >= 0.6 is 50.8 Å². The molecular weight excluding hydrogens is 322 g/mol. The minimum absolute atomic E-state index is 0.614. The molecule has 2 atom stereocenters. The predicted octanol–water partition coefficient (Wildman–Crippen LogP) is 3.49. The second-order valence-corrected chi connectivity index (χ2v) is 8.83. The van der Waals surface area contributed by atoms with Gasteiger partial charge in [-0.25, -0.2) is 0 Å². The van der Waals surface area contributed by atoms with Crippen molar-refractivity contribution in [1.82, 2.24) is 5.32 Å². The average molecular weight is 338 g/mol. The number of nitrogens with one attached hydrogen (secondary N) is 1. The zero-order valence-corrected chi connectivity index (χ0v) is 13.3. The number of hydrogen-bond donors (Lipinski definition) is 1. The minimum atomic E-state index is 0.614. The van der Waals surface area contributed by atoms with E-state index >= 15 is 0 Å². The highest BCUT2D eigenvalue weighted by Crippen LogP contribution is 2.29. The van der Waals surface area contributed by atoms with Gasteiger partial charge in [-0.3, -0.25) is 0 Å². The third-order valence-electron chi connectivity index (χ3n) is 2.71. The first-order valence-corrected chi connectivity index (χ1v) is 9.21. The Balaban J connectivity index is 1.94. The van der Waals surface area contributed by atoms with Gasteiger partial charge in [0.25, 0.3) is 0 Å². The fraction of sp³-hybridized carbons (Fsp3) is 0.636. The fourth-order valence-electron chi connectivity index (χ4n) is 1.84. The Morgan fingerprint density at radius 3 is 2.94 bits per heavy atom. The molecule has 0 radical (unpaired) electrons. The van der Waals surface area contributed by atoms with Crippen LogP contribution in [0.15, 0.2) is 15.9 Å². The highest BCUT2D eigenvalue weighted by atomic mass is 79.9. The zero-order valence-electron chi connectivity index (χ0n) is 9.24. The minimum Gasteiger partial charge on any atom is -0.316 e. The number of thiophene rings is 1. The van der Waals surface area contributed by atoms with Crippen LogP contribution in [0, 0.1) is 0 Å². The highest BCUT2D eigenvalue weighted by Gasteiger charge is 2.23. The smallest absolute Gasteiger partial charge is 0.0701 e. The van der Waals surface area contributed by atoms with E-state index in [2.05, 4.69) is 64.0 Å². The largest absolute Gasteiger partial charge is 0.316 e. The number of likely N-dealkylation sites (N-methyl/N-ethyl adjacent to an activating group) is 1. The molecule has 0 aromatic carbocycles. The number of hydrogen-bond acceptors (Lipinski definition) is 4. The summed E-state index contributed by atoms with van der Waals surface area (Å²) in [7, 11) is 2.09. The first-order chi connectivity index (χ1) is 7.79. The maximum Gasteiger partial charge on any atom is 0.0701 e. The molecule has 0 amide bonds. The van der Waals surface area contributed by atoms with Crippen molar-refractivity contribution in [3.8, 4) is 0 Å². The van der Waals surface area contributed by atoms with E-state index in [9.17, 15) is 0 Å². The second kappa shape index (κ2) is 6.69. The summed E-state index contributed by atoms with van der Waals surface area (Å²) in [5.41, 5.74) is 0. The van der Waals surface area contributed by atoms with Gasteiger partial charge in [0.2, 0.25) is 0 Å². The molecule has 2 rings (SSSR count). The normalized spacial score (nSPS) is 23.2. The van der Waals surface area contributed by atoms with E-state index in [0.717, 1.165) is 11.7 Å². The van der Waals surface area contributed by atoms with Crippen molar-refractivity contribution in [3.05, 3.63) is 20.8 Å². The van der Waals surface area contributed by atoms with E-state index in [1.54, 1.807) is 0 Å². The van der Waals surface area contributed by atoms with Crippen molar-refractivity contribution in [2.45, 2.75) is 17.7 Å². The maximum absolute atomic E-state index is 3.53. The molecule has 1 aromatic heterocycles. The van der Waals surface area contributed by atoms with E-state index < -0.39 is 0 Å². The van der Waals surface area contributed by atoms with Crippen LogP contribution in [0.2, 0.25) is 0 Å². The molecule has 2 heterocycles. The van der Waals surface area contributed by atoms with Crippen molar-refractivity contribution in [2.24, 2.45) is 0 Å². The van der Waals surface area contributed by atoms with Gasteiger partial charge in [-0.2, -0.15) is 23.5 Å². The van der Waals surface area contributed by atoms with Gasteiger partial charge in [0, 0.05) is 33.4 Å². The van der Waals surface area contributed by atoms with Gasteiger partial charge in [0.1, 0.15) is 0 Å². The van der Waals surface area contributed by atoms with Gasteiger partial charge in [0.05, 0.1) is 3.79 Å². The first-order valence-electron chi connectivity index (χ1n) is 5.40. The van der Waals surface area contributed by atoms with E-state index in [1.165, 1.54) is 25.9 Å². The predicted molar refractivity (Wildman–Crippen MR) is 82.1 cm³/mol. The molecule has 1 nitrogen and oxygen atoms in total. The Labute approximate surface area is 118 Å². The number of rotatable bonds is 4. The topological polar surface area (TPSA) is 12.0 Å². The Kier molecular flexibility index (Phi) is 5.55. The van der Waals surface area contributed by atoms with Gasteiger partial charge >= 0.3 is 0 Å². The summed E-state index contributed by atoms with van der Waals surface area (Å²) in [5, 5.41) is 4.25. The lowest BCUT2D eigenvalue weighted by Gasteiger charge is -2.29. The lowest BCUT2D eigenvalue weighted by molar-refractivity contribution is 0.561. The summed E-state index contributed by atoms with van der Waals surface area (Å²) >= 11 is 9.61. The zero-order chi connectivity index (χ0) is 11.4. The summed E-state index contributed by atoms with van der Waals surface area (Å²) < 4.78 is 1.24. The summed E-state index contributed by atoms with van der Waals surface area (Å²) in [6.45, 7) is 0. The standard InChI is InChI=1S/C11H16BrNS3/c1-13-9(10-7-14-4-5-15-10)6-8-2-3-11(12)16-8/h2-3,9-10,13H,4-7H2,1H3. The summed E-state index contributed by atoms with van der Waals surface area (Å²) in [4.78, 5) is 1.47. The molecule has 2 unspecified atom stereocenters. The van der Waals surface area contributed by atoms with E-state index in [4.69, 9.17) is 0 Å². The first kappa shape index (κ1) is 13.3. The average Bonchev–Trinajstić information content (AvgIpc) is 2.73. The van der Waals surface area contributed by atoms with Crippen LogP contribution in [0.1, 0.15) is 4.88 Å². The quantitative estimate of drug-likeness (QED) is 0.903. The van der Waals surface area contributed by atoms with E-state index in [0.29, 0.717) is 6.04 Å². The van der Waals surface area contributed by atoms with Gasteiger partial charge in [-0.15, -0.1) is 11.3 Å². The molecule has 16 heavy (non-hydrogen) atoms. The molecule has 5 heteroatoms. The molecule has 90 valence electrons. The molecular formula is C11H16BrNS3.